The van der Waals surface area contributed by atoms with Crippen LogP contribution in [0.5, 0.6) is 0 Å². The zero-order chi connectivity index (χ0) is 10.5. The van der Waals surface area contributed by atoms with E-state index in [1.165, 1.54) is 12.8 Å². The molecule has 0 bridgehead atoms. The van der Waals surface area contributed by atoms with Crippen molar-refractivity contribution in [3.8, 4) is 0 Å². The van der Waals surface area contributed by atoms with Gasteiger partial charge in [-0.25, -0.2) is 4.98 Å². The first kappa shape index (κ1) is 10.7. The number of rotatable bonds is 4. The lowest BCUT2D eigenvalue weighted by molar-refractivity contribution is 0.574. The third-order valence-corrected chi connectivity index (χ3v) is 3.01. The van der Waals surface area contributed by atoms with Crippen LogP contribution in [-0.2, 0) is 0 Å². The largest absolute Gasteiger partial charge is 0.369 e. The van der Waals surface area contributed by atoms with Gasteiger partial charge in [-0.3, -0.25) is 0 Å². The van der Waals surface area contributed by atoms with Crippen LogP contribution in [0.25, 0.3) is 0 Å². The molecule has 4 heteroatoms. The van der Waals surface area contributed by atoms with Crippen molar-refractivity contribution in [2.45, 2.75) is 25.3 Å². The topological polar surface area (TPSA) is 37.0 Å². The average Bonchev–Trinajstić information content (AvgIpc) is 2.74. The number of anilines is 1. The highest BCUT2D eigenvalue weighted by Crippen LogP contribution is 2.17. The van der Waals surface area contributed by atoms with Gasteiger partial charge in [0.05, 0.1) is 5.02 Å². The summed E-state index contributed by atoms with van der Waals surface area (Å²) < 4.78 is 0. The standard InChI is InChI=1S/C11H16ClN3/c12-10-4-2-7-14-11(10)15-8-5-9-3-1-6-13-9/h2,4,7,9,13H,1,3,5-6,8H2,(H,14,15)/t9-/m1/s1. The first-order valence-corrected chi connectivity index (χ1v) is 5.82. The van der Waals surface area contributed by atoms with E-state index in [-0.39, 0.29) is 0 Å². The Morgan fingerprint density at radius 1 is 1.60 bits per heavy atom. The molecule has 2 N–H and O–H groups in total. The highest BCUT2D eigenvalue weighted by Gasteiger charge is 2.13. The van der Waals surface area contributed by atoms with E-state index in [0.29, 0.717) is 11.1 Å². The summed E-state index contributed by atoms with van der Waals surface area (Å²) in [4.78, 5) is 4.18. The molecule has 1 saturated heterocycles. The molecule has 1 aliphatic rings. The van der Waals surface area contributed by atoms with E-state index in [0.717, 1.165) is 25.3 Å². The third kappa shape index (κ3) is 3.08. The number of halogens is 1. The van der Waals surface area contributed by atoms with Crippen LogP contribution < -0.4 is 10.6 Å². The maximum atomic E-state index is 5.98. The Hall–Kier alpha value is -0.800. The molecule has 0 amide bonds. The monoisotopic (exact) mass is 225 g/mol. The molecule has 15 heavy (non-hydrogen) atoms. The summed E-state index contributed by atoms with van der Waals surface area (Å²) in [5.41, 5.74) is 0. The Labute approximate surface area is 95.2 Å². The van der Waals surface area contributed by atoms with E-state index < -0.39 is 0 Å². The van der Waals surface area contributed by atoms with Gasteiger partial charge >= 0.3 is 0 Å². The molecule has 0 radical (unpaired) electrons. The van der Waals surface area contributed by atoms with Crippen LogP contribution in [-0.4, -0.2) is 24.1 Å². The summed E-state index contributed by atoms with van der Waals surface area (Å²) in [6, 6.07) is 4.36. The van der Waals surface area contributed by atoms with E-state index in [2.05, 4.69) is 15.6 Å². The number of hydrogen-bond donors (Lipinski definition) is 2. The highest BCUT2D eigenvalue weighted by molar-refractivity contribution is 6.32. The molecule has 0 aliphatic carbocycles. The van der Waals surface area contributed by atoms with Gasteiger partial charge in [-0.2, -0.15) is 0 Å². The molecule has 1 fully saturated rings. The zero-order valence-corrected chi connectivity index (χ0v) is 9.43. The van der Waals surface area contributed by atoms with Gasteiger partial charge in [0.1, 0.15) is 5.82 Å². The Bertz CT molecular complexity index is 310. The van der Waals surface area contributed by atoms with E-state index >= 15 is 0 Å². The lowest BCUT2D eigenvalue weighted by Gasteiger charge is -2.11. The number of pyridine rings is 1. The first-order chi connectivity index (χ1) is 7.36. The third-order valence-electron chi connectivity index (χ3n) is 2.71. The number of aromatic nitrogens is 1. The SMILES string of the molecule is Clc1cccnc1NCC[C@H]1CCCN1. The molecule has 1 aromatic rings. The van der Waals surface area contributed by atoms with Crippen molar-refractivity contribution in [3.63, 3.8) is 0 Å². The van der Waals surface area contributed by atoms with Crippen LogP contribution in [0, 0.1) is 0 Å². The van der Waals surface area contributed by atoms with Gasteiger partial charge in [0, 0.05) is 18.8 Å². The Morgan fingerprint density at radius 2 is 2.53 bits per heavy atom. The summed E-state index contributed by atoms with van der Waals surface area (Å²) in [6.45, 7) is 2.09. The normalized spacial score (nSPS) is 20.5. The molecule has 82 valence electrons. The molecular formula is C11H16ClN3. The van der Waals surface area contributed by atoms with Gasteiger partial charge in [0.2, 0.25) is 0 Å². The molecule has 1 atom stereocenters. The smallest absolute Gasteiger partial charge is 0.144 e. The van der Waals surface area contributed by atoms with Crippen LogP contribution in [0.1, 0.15) is 19.3 Å². The predicted octanol–water partition coefficient (Wildman–Crippen LogP) is 2.29. The van der Waals surface area contributed by atoms with E-state index in [4.69, 9.17) is 11.6 Å². The second kappa shape index (κ2) is 5.33. The van der Waals surface area contributed by atoms with Crippen molar-refractivity contribution < 1.29 is 0 Å². The predicted molar refractivity (Wildman–Crippen MR) is 63.4 cm³/mol. The summed E-state index contributed by atoms with van der Waals surface area (Å²) in [5.74, 6) is 0.789. The van der Waals surface area contributed by atoms with Gasteiger partial charge in [-0.05, 0) is 37.9 Å². The summed E-state index contributed by atoms with van der Waals surface area (Å²) in [6.07, 6.45) is 5.47. The van der Waals surface area contributed by atoms with Crippen molar-refractivity contribution in [1.82, 2.24) is 10.3 Å². The summed E-state index contributed by atoms with van der Waals surface area (Å²) in [7, 11) is 0. The summed E-state index contributed by atoms with van der Waals surface area (Å²) in [5, 5.41) is 7.41. The minimum atomic E-state index is 0.667. The fourth-order valence-electron chi connectivity index (χ4n) is 1.88. The Balaban J connectivity index is 1.75. The molecule has 0 spiro atoms. The van der Waals surface area contributed by atoms with E-state index in [1.807, 2.05) is 12.1 Å². The quantitative estimate of drug-likeness (QED) is 0.826. The van der Waals surface area contributed by atoms with Gasteiger partial charge in [-0.15, -0.1) is 0 Å². The minimum Gasteiger partial charge on any atom is -0.369 e. The fraction of sp³-hybridized carbons (Fsp3) is 0.545. The Kier molecular flexibility index (Phi) is 3.80. The van der Waals surface area contributed by atoms with E-state index in [1.54, 1.807) is 6.20 Å². The van der Waals surface area contributed by atoms with Crippen LogP contribution in [0.4, 0.5) is 5.82 Å². The molecule has 0 aromatic carbocycles. The Morgan fingerprint density at radius 3 is 3.27 bits per heavy atom. The average molecular weight is 226 g/mol. The van der Waals surface area contributed by atoms with E-state index in [9.17, 15) is 0 Å². The van der Waals surface area contributed by atoms with Crippen molar-refractivity contribution in [2.24, 2.45) is 0 Å². The van der Waals surface area contributed by atoms with Gasteiger partial charge in [0.15, 0.2) is 0 Å². The molecule has 0 saturated carbocycles. The van der Waals surface area contributed by atoms with Crippen LogP contribution in [0.15, 0.2) is 18.3 Å². The minimum absolute atomic E-state index is 0.667. The molecule has 2 heterocycles. The first-order valence-electron chi connectivity index (χ1n) is 5.44. The molecule has 2 rings (SSSR count). The van der Waals surface area contributed by atoms with Crippen LogP contribution >= 0.6 is 11.6 Å². The maximum Gasteiger partial charge on any atom is 0.144 e. The fourth-order valence-corrected chi connectivity index (χ4v) is 2.07. The maximum absolute atomic E-state index is 5.98. The van der Waals surface area contributed by atoms with Crippen LogP contribution in [0.3, 0.4) is 0 Å². The van der Waals surface area contributed by atoms with Crippen LogP contribution in [0.2, 0.25) is 5.02 Å². The highest BCUT2D eigenvalue weighted by atomic mass is 35.5. The molecule has 1 aromatic heterocycles. The molecule has 0 unspecified atom stereocenters. The van der Waals surface area contributed by atoms with Gasteiger partial charge in [-0.1, -0.05) is 11.6 Å². The van der Waals surface area contributed by atoms with Crippen molar-refractivity contribution >= 4 is 17.4 Å². The number of hydrogen-bond acceptors (Lipinski definition) is 3. The van der Waals surface area contributed by atoms with Crippen molar-refractivity contribution in [1.29, 1.82) is 0 Å². The van der Waals surface area contributed by atoms with Crippen molar-refractivity contribution in [3.05, 3.63) is 23.4 Å². The van der Waals surface area contributed by atoms with Gasteiger partial charge < -0.3 is 10.6 Å². The molecule has 3 nitrogen and oxygen atoms in total. The number of nitrogens with zero attached hydrogens (tertiary/aromatic N) is 1. The zero-order valence-electron chi connectivity index (χ0n) is 8.67. The van der Waals surface area contributed by atoms with Gasteiger partial charge in [0.25, 0.3) is 0 Å². The second-order valence-electron chi connectivity index (χ2n) is 3.84. The lowest BCUT2D eigenvalue weighted by atomic mass is 10.1. The van der Waals surface area contributed by atoms with Crippen molar-refractivity contribution in [2.75, 3.05) is 18.4 Å². The number of nitrogens with one attached hydrogen (secondary N) is 2. The molecule has 1 aliphatic heterocycles. The lowest BCUT2D eigenvalue weighted by Crippen LogP contribution is -2.24. The second-order valence-corrected chi connectivity index (χ2v) is 4.25. The molecular weight excluding hydrogens is 210 g/mol. The summed E-state index contributed by atoms with van der Waals surface area (Å²) >= 11 is 5.98.